The van der Waals surface area contributed by atoms with E-state index in [-0.39, 0.29) is 5.91 Å². The maximum Gasteiger partial charge on any atom is 0.251 e. The minimum Gasteiger partial charge on any atom is -0.365 e. The highest BCUT2D eigenvalue weighted by Crippen LogP contribution is 2.39. The Morgan fingerprint density at radius 1 is 1.39 bits per heavy atom. The molecule has 0 saturated carbocycles. The molecule has 1 aliphatic rings. The molecule has 1 aliphatic carbocycles. The van der Waals surface area contributed by atoms with Crippen molar-refractivity contribution in [3.8, 4) is 0 Å². The molecule has 0 atom stereocenters. The van der Waals surface area contributed by atoms with Gasteiger partial charge in [0.2, 0.25) is 5.91 Å². The molecule has 0 radical (unpaired) electrons. The van der Waals surface area contributed by atoms with E-state index in [0.717, 1.165) is 24.8 Å². The monoisotopic (exact) mass is 330 g/mol. The molecule has 0 saturated heterocycles. The lowest BCUT2D eigenvalue weighted by Gasteiger charge is -2.15. The summed E-state index contributed by atoms with van der Waals surface area (Å²) >= 11 is 4.76. The number of hydrogen-bond donors (Lipinski definition) is 2. The number of anilines is 1. The predicted molar refractivity (Wildman–Crippen MR) is 76.5 cm³/mol. The van der Waals surface area contributed by atoms with Gasteiger partial charge in [0.25, 0.3) is 5.91 Å². The fraction of sp³-hybridized carbons (Fsp3) is 0.500. The highest BCUT2D eigenvalue weighted by atomic mass is 79.9. The second kappa shape index (κ2) is 4.66. The van der Waals surface area contributed by atoms with E-state index < -0.39 is 10.2 Å². The lowest BCUT2D eigenvalue weighted by atomic mass is 10.1. The summed E-state index contributed by atoms with van der Waals surface area (Å²) in [6.07, 6.45) is 2.89. The van der Waals surface area contributed by atoms with Crippen molar-refractivity contribution in [2.24, 2.45) is 5.73 Å². The van der Waals surface area contributed by atoms with Crippen LogP contribution in [0.5, 0.6) is 0 Å². The van der Waals surface area contributed by atoms with Gasteiger partial charge in [-0.05, 0) is 38.7 Å². The van der Waals surface area contributed by atoms with Crippen molar-refractivity contribution in [1.29, 1.82) is 0 Å². The molecule has 2 amide bonds. The molecule has 0 fully saturated rings. The van der Waals surface area contributed by atoms with Crippen molar-refractivity contribution in [2.75, 3.05) is 5.32 Å². The lowest BCUT2D eigenvalue weighted by molar-refractivity contribution is -0.117. The van der Waals surface area contributed by atoms with Crippen LogP contribution in [0.4, 0.5) is 5.00 Å². The fourth-order valence-electron chi connectivity index (χ4n) is 2.00. The molecule has 2 rings (SSSR count). The van der Waals surface area contributed by atoms with E-state index in [9.17, 15) is 9.59 Å². The van der Waals surface area contributed by atoms with E-state index in [4.69, 9.17) is 5.73 Å². The Morgan fingerprint density at radius 3 is 2.61 bits per heavy atom. The van der Waals surface area contributed by atoms with Gasteiger partial charge in [-0.25, -0.2) is 0 Å². The molecular weight excluding hydrogens is 316 g/mol. The minimum absolute atomic E-state index is 0.176. The Morgan fingerprint density at radius 2 is 2.06 bits per heavy atom. The number of halogens is 1. The van der Waals surface area contributed by atoms with Gasteiger partial charge in [0, 0.05) is 4.88 Å². The molecule has 6 heteroatoms. The number of carbonyl (C=O) groups excluding carboxylic acids is 2. The molecule has 0 unspecified atom stereocenters. The summed E-state index contributed by atoms with van der Waals surface area (Å²) in [4.78, 5) is 24.6. The standard InChI is InChI=1S/C12H15BrN2O2S/c1-12(2,13)11(17)15-10-8(9(14)16)6-4-3-5-7(6)18-10/h3-5H2,1-2H3,(H2,14,16)(H,15,17). The molecule has 1 aromatic heterocycles. The van der Waals surface area contributed by atoms with Gasteiger partial charge in [0.15, 0.2) is 0 Å². The van der Waals surface area contributed by atoms with Crippen LogP contribution in [0.3, 0.4) is 0 Å². The van der Waals surface area contributed by atoms with Gasteiger partial charge < -0.3 is 11.1 Å². The Hall–Kier alpha value is -0.880. The molecule has 0 spiro atoms. The SMILES string of the molecule is CC(C)(Br)C(=O)Nc1sc2c(c1C(N)=O)CCC2. The maximum absolute atomic E-state index is 11.9. The summed E-state index contributed by atoms with van der Waals surface area (Å²) in [7, 11) is 0. The lowest BCUT2D eigenvalue weighted by Crippen LogP contribution is -2.31. The molecule has 1 aromatic rings. The molecule has 98 valence electrons. The van der Waals surface area contributed by atoms with Gasteiger partial charge in [-0.1, -0.05) is 15.9 Å². The Bertz CT molecular complexity index is 517. The van der Waals surface area contributed by atoms with E-state index in [0.29, 0.717) is 10.6 Å². The summed E-state index contributed by atoms with van der Waals surface area (Å²) < 4.78 is -0.670. The number of alkyl halides is 1. The van der Waals surface area contributed by atoms with Gasteiger partial charge in [0.05, 0.1) is 9.89 Å². The number of fused-ring (bicyclic) bond motifs is 1. The van der Waals surface area contributed by atoms with Crippen molar-refractivity contribution < 1.29 is 9.59 Å². The maximum atomic E-state index is 11.9. The van der Waals surface area contributed by atoms with Crippen LogP contribution in [0.15, 0.2) is 0 Å². The molecule has 18 heavy (non-hydrogen) atoms. The van der Waals surface area contributed by atoms with E-state index in [2.05, 4.69) is 21.2 Å². The number of thiophene rings is 1. The number of amides is 2. The van der Waals surface area contributed by atoms with Crippen molar-refractivity contribution >= 4 is 44.1 Å². The van der Waals surface area contributed by atoms with Crippen molar-refractivity contribution in [1.82, 2.24) is 0 Å². The van der Waals surface area contributed by atoms with E-state index in [1.807, 2.05) is 0 Å². The third-order valence-corrected chi connectivity index (χ3v) is 4.50. The molecule has 4 nitrogen and oxygen atoms in total. The Balaban J connectivity index is 2.35. The first kappa shape index (κ1) is 13.5. The van der Waals surface area contributed by atoms with Crippen molar-refractivity contribution in [3.63, 3.8) is 0 Å². The van der Waals surface area contributed by atoms with Gasteiger partial charge in [-0.15, -0.1) is 11.3 Å². The van der Waals surface area contributed by atoms with Crippen LogP contribution in [0.25, 0.3) is 0 Å². The molecule has 0 bridgehead atoms. The average molecular weight is 331 g/mol. The third-order valence-electron chi connectivity index (χ3n) is 2.93. The zero-order valence-electron chi connectivity index (χ0n) is 10.3. The second-order valence-electron chi connectivity index (χ2n) is 4.85. The molecule has 3 N–H and O–H groups in total. The third kappa shape index (κ3) is 2.44. The molecule has 0 aromatic carbocycles. The summed E-state index contributed by atoms with van der Waals surface area (Å²) in [6, 6.07) is 0. The first-order chi connectivity index (χ1) is 8.30. The number of nitrogens with two attached hydrogens (primary N) is 1. The zero-order chi connectivity index (χ0) is 13.5. The van der Waals surface area contributed by atoms with E-state index >= 15 is 0 Å². The average Bonchev–Trinajstić information content (AvgIpc) is 2.74. The van der Waals surface area contributed by atoms with Crippen molar-refractivity contribution in [2.45, 2.75) is 37.4 Å². The Labute approximate surface area is 118 Å². The highest BCUT2D eigenvalue weighted by molar-refractivity contribution is 9.10. The molecule has 1 heterocycles. The van der Waals surface area contributed by atoms with Crippen LogP contribution in [-0.2, 0) is 17.6 Å². The zero-order valence-corrected chi connectivity index (χ0v) is 12.7. The summed E-state index contributed by atoms with van der Waals surface area (Å²) in [5, 5.41) is 3.38. The summed E-state index contributed by atoms with van der Waals surface area (Å²) in [6.45, 7) is 3.52. The van der Waals surface area contributed by atoms with E-state index in [1.165, 1.54) is 16.2 Å². The predicted octanol–water partition coefficient (Wildman–Crippen LogP) is 2.45. The first-order valence-corrected chi connectivity index (χ1v) is 7.36. The van der Waals surface area contributed by atoms with Crippen LogP contribution in [0, 0.1) is 0 Å². The van der Waals surface area contributed by atoms with Gasteiger partial charge in [0.1, 0.15) is 5.00 Å². The molecular formula is C12H15BrN2O2S. The summed E-state index contributed by atoms with van der Waals surface area (Å²) in [5.74, 6) is -0.637. The van der Waals surface area contributed by atoms with Gasteiger partial charge in [-0.3, -0.25) is 9.59 Å². The number of rotatable bonds is 3. The number of nitrogens with one attached hydrogen (secondary N) is 1. The topological polar surface area (TPSA) is 72.2 Å². The van der Waals surface area contributed by atoms with E-state index in [1.54, 1.807) is 13.8 Å². The molecule has 0 aliphatic heterocycles. The smallest absolute Gasteiger partial charge is 0.251 e. The number of carbonyl (C=O) groups is 2. The second-order valence-corrected chi connectivity index (χ2v) is 7.94. The van der Waals surface area contributed by atoms with Gasteiger partial charge >= 0.3 is 0 Å². The number of hydrogen-bond acceptors (Lipinski definition) is 3. The summed E-state index contributed by atoms with van der Waals surface area (Å²) in [5.41, 5.74) is 6.94. The van der Waals surface area contributed by atoms with Crippen LogP contribution < -0.4 is 11.1 Å². The number of aryl methyl sites for hydroxylation is 1. The quantitative estimate of drug-likeness (QED) is 0.835. The highest BCUT2D eigenvalue weighted by Gasteiger charge is 2.29. The Kier molecular flexibility index (Phi) is 3.51. The van der Waals surface area contributed by atoms with Crippen molar-refractivity contribution in [3.05, 3.63) is 16.0 Å². The minimum atomic E-state index is -0.670. The van der Waals surface area contributed by atoms with Crippen LogP contribution >= 0.6 is 27.3 Å². The van der Waals surface area contributed by atoms with Crippen LogP contribution in [-0.4, -0.2) is 16.1 Å². The largest absolute Gasteiger partial charge is 0.365 e. The fourth-order valence-corrected chi connectivity index (χ4v) is 3.39. The number of primary amides is 1. The van der Waals surface area contributed by atoms with Crippen LogP contribution in [0.1, 0.15) is 41.1 Å². The van der Waals surface area contributed by atoms with Crippen LogP contribution in [0.2, 0.25) is 0 Å². The normalized spacial score (nSPS) is 14.4. The van der Waals surface area contributed by atoms with Gasteiger partial charge in [-0.2, -0.15) is 0 Å². The first-order valence-electron chi connectivity index (χ1n) is 5.75.